The van der Waals surface area contributed by atoms with E-state index in [1.54, 1.807) is 0 Å². The van der Waals surface area contributed by atoms with Gasteiger partial charge in [-0.15, -0.1) is 0 Å². The Morgan fingerprint density at radius 3 is 2.85 bits per heavy atom. The molecule has 0 bridgehead atoms. The Morgan fingerprint density at radius 2 is 1.96 bits per heavy atom. The zero-order valence-corrected chi connectivity index (χ0v) is 15.0. The van der Waals surface area contributed by atoms with Gasteiger partial charge in [0.15, 0.2) is 11.5 Å². The molecule has 0 spiro atoms. The highest BCUT2D eigenvalue weighted by molar-refractivity contribution is 5.90. The van der Waals surface area contributed by atoms with Crippen molar-refractivity contribution >= 4 is 11.7 Å². The Hall–Kier alpha value is -2.69. The molecule has 0 aromatic heterocycles. The molecule has 4 rings (SSSR count). The molecule has 136 valence electrons. The van der Waals surface area contributed by atoms with Crippen LogP contribution in [0.4, 0.5) is 10.5 Å². The van der Waals surface area contributed by atoms with Crippen molar-refractivity contribution in [1.29, 1.82) is 0 Å². The summed E-state index contributed by atoms with van der Waals surface area (Å²) >= 11 is 0. The molecule has 0 aliphatic carbocycles. The van der Waals surface area contributed by atoms with Crippen LogP contribution in [0.25, 0.3) is 0 Å². The highest BCUT2D eigenvalue weighted by atomic mass is 16.7. The lowest BCUT2D eigenvalue weighted by molar-refractivity contribution is 0.174. The maximum absolute atomic E-state index is 13.0. The summed E-state index contributed by atoms with van der Waals surface area (Å²) in [6, 6.07) is 14.0. The number of nitrogens with one attached hydrogen (secondary N) is 1. The zero-order valence-electron chi connectivity index (χ0n) is 15.0. The molecule has 0 radical (unpaired) electrons. The Morgan fingerprint density at radius 1 is 1.08 bits per heavy atom. The van der Waals surface area contributed by atoms with Gasteiger partial charge in [0.2, 0.25) is 6.79 Å². The van der Waals surface area contributed by atoms with Crippen LogP contribution in [0.2, 0.25) is 0 Å². The number of benzene rings is 2. The summed E-state index contributed by atoms with van der Waals surface area (Å²) in [4.78, 5) is 15.0. The summed E-state index contributed by atoms with van der Waals surface area (Å²) in [6.07, 6.45) is 4.34. The summed E-state index contributed by atoms with van der Waals surface area (Å²) < 4.78 is 10.7. The SMILES string of the molecule is Cc1cccc([C@@H]2CCCCCN2C(=O)Nc2ccc3c(c2)OCO3)c1. The fourth-order valence-electron chi connectivity index (χ4n) is 3.74. The second-order valence-corrected chi connectivity index (χ2v) is 6.97. The molecular weight excluding hydrogens is 328 g/mol. The van der Waals surface area contributed by atoms with Crippen LogP contribution in [0.1, 0.15) is 42.9 Å². The van der Waals surface area contributed by atoms with Gasteiger partial charge in [-0.05, 0) is 37.5 Å². The number of rotatable bonds is 2. The van der Waals surface area contributed by atoms with Crippen LogP contribution in [-0.2, 0) is 0 Å². The minimum Gasteiger partial charge on any atom is -0.454 e. The average Bonchev–Trinajstić information content (AvgIpc) is 2.96. The molecule has 2 aliphatic rings. The molecule has 2 amide bonds. The van der Waals surface area contributed by atoms with Crippen molar-refractivity contribution in [2.75, 3.05) is 18.7 Å². The van der Waals surface area contributed by atoms with Crippen molar-refractivity contribution in [3.05, 3.63) is 53.6 Å². The number of urea groups is 1. The summed E-state index contributed by atoms with van der Waals surface area (Å²) in [5.41, 5.74) is 3.17. The molecule has 2 aromatic rings. The smallest absolute Gasteiger partial charge is 0.322 e. The molecule has 0 saturated carbocycles. The molecule has 1 N–H and O–H groups in total. The largest absolute Gasteiger partial charge is 0.454 e. The predicted molar refractivity (Wildman–Crippen MR) is 101 cm³/mol. The number of hydrogen-bond donors (Lipinski definition) is 1. The van der Waals surface area contributed by atoms with Crippen LogP contribution in [0, 0.1) is 6.92 Å². The fourth-order valence-corrected chi connectivity index (χ4v) is 3.74. The second-order valence-electron chi connectivity index (χ2n) is 6.97. The van der Waals surface area contributed by atoms with Gasteiger partial charge >= 0.3 is 6.03 Å². The van der Waals surface area contributed by atoms with Crippen LogP contribution in [0.15, 0.2) is 42.5 Å². The van der Waals surface area contributed by atoms with Crippen molar-refractivity contribution in [2.45, 2.75) is 38.6 Å². The third kappa shape index (κ3) is 3.47. The van der Waals surface area contributed by atoms with Crippen molar-refractivity contribution in [1.82, 2.24) is 4.90 Å². The number of carbonyl (C=O) groups is 1. The molecule has 2 heterocycles. The molecule has 0 unspecified atom stereocenters. The Bertz CT molecular complexity index is 806. The lowest BCUT2D eigenvalue weighted by Crippen LogP contribution is -2.38. The number of aryl methyl sites for hydroxylation is 1. The van der Waals surface area contributed by atoms with E-state index in [1.165, 1.54) is 11.1 Å². The molecular formula is C21H24N2O3. The van der Waals surface area contributed by atoms with Gasteiger partial charge in [-0.1, -0.05) is 42.7 Å². The van der Waals surface area contributed by atoms with Gasteiger partial charge in [0.25, 0.3) is 0 Å². The number of nitrogens with zero attached hydrogens (tertiary/aromatic N) is 1. The number of amides is 2. The average molecular weight is 352 g/mol. The Balaban J connectivity index is 1.55. The molecule has 26 heavy (non-hydrogen) atoms. The third-order valence-corrected chi connectivity index (χ3v) is 5.06. The van der Waals surface area contributed by atoms with Gasteiger partial charge in [0, 0.05) is 18.3 Å². The molecule has 5 nitrogen and oxygen atoms in total. The van der Waals surface area contributed by atoms with Crippen molar-refractivity contribution in [2.24, 2.45) is 0 Å². The maximum Gasteiger partial charge on any atom is 0.322 e. The van der Waals surface area contributed by atoms with Crippen LogP contribution < -0.4 is 14.8 Å². The monoisotopic (exact) mass is 352 g/mol. The fraction of sp³-hybridized carbons (Fsp3) is 0.381. The van der Waals surface area contributed by atoms with E-state index in [0.29, 0.717) is 5.75 Å². The highest BCUT2D eigenvalue weighted by Gasteiger charge is 2.27. The van der Waals surface area contributed by atoms with Crippen LogP contribution >= 0.6 is 0 Å². The first-order valence-corrected chi connectivity index (χ1v) is 9.24. The Kier molecular flexibility index (Phi) is 4.69. The molecule has 2 aliphatic heterocycles. The third-order valence-electron chi connectivity index (χ3n) is 5.06. The van der Waals surface area contributed by atoms with E-state index in [9.17, 15) is 4.79 Å². The lowest BCUT2D eigenvalue weighted by atomic mass is 9.99. The van der Waals surface area contributed by atoms with Crippen LogP contribution in [-0.4, -0.2) is 24.3 Å². The maximum atomic E-state index is 13.0. The van der Waals surface area contributed by atoms with Crippen molar-refractivity contribution in [3.63, 3.8) is 0 Å². The number of carbonyl (C=O) groups excluding carboxylic acids is 1. The second kappa shape index (κ2) is 7.28. The van der Waals surface area contributed by atoms with Crippen LogP contribution in [0.3, 0.4) is 0 Å². The van der Waals surface area contributed by atoms with Gasteiger partial charge in [0.1, 0.15) is 0 Å². The van der Waals surface area contributed by atoms with Gasteiger partial charge in [-0.3, -0.25) is 0 Å². The lowest BCUT2D eigenvalue weighted by Gasteiger charge is -2.31. The van der Waals surface area contributed by atoms with Crippen molar-refractivity contribution in [3.8, 4) is 11.5 Å². The molecule has 1 saturated heterocycles. The van der Waals surface area contributed by atoms with E-state index >= 15 is 0 Å². The number of hydrogen-bond acceptors (Lipinski definition) is 3. The first kappa shape index (κ1) is 16.8. The topological polar surface area (TPSA) is 50.8 Å². The number of fused-ring (bicyclic) bond motifs is 1. The number of ether oxygens (including phenoxy) is 2. The molecule has 5 heteroatoms. The van der Waals surface area contributed by atoms with Gasteiger partial charge in [-0.25, -0.2) is 4.79 Å². The van der Waals surface area contributed by atoms with Gasteiger partial charge < -0.3 is 19.7 Å². The number of likely N-dealkylation sites (tertiary alicyclic amines) is 1. The predicted octanol–water partition coefficient (Wildman–Crippen LogP) is 4.87. The quantitative estimate of drug-likeness (QED) is 0.838. The van der Waals surface area contributed by atoms with E-state index in [0.717, 1.165) is 43.7 Å². The minimum absolute atomic E-state index is 0.0581. The summed E-state index contributed by atoms with van der Waals surface area (Å²) in [6.45, 7) is 3.10. The standard InChI is InChI=1S/C21H24N2O3/c1-15-6-5-7-16(12-15)18-8-3-2-4-11-23(18)21(24)22-17-9-10-19-20(13-17)26-14-25-19/h5-7,9-10,12-13,18H,2-4,8,11,14H2,1H3,(H,22,24)/t18-/m0/s1. The van der Waals surface area contributed by atoms with E-state index in [-0.39, 0.29) is 18.9 Å². The summed E-state index contributed by atoms with van der Waals surface area (Å²) in [7, 11) is 0. The molecule has 2 aromatic carbocycles. The van der Waals surface area contributed by atoms with Gasteiger partial charge in [-0.2, -0.15) is 0 Å². The molecule has 1 atom stereocenters. The van der Waals surface area contributed by atoms with Crippen LogP contribution in [0.5, 0.6) is 11.5 Å². The minimum atomic E-state index is -0.0581. The highest BCUT2D eigenvalue weighted by Crippen LogP contribution is 2.35. The van der Waals surface area contributed by atoms with E-state index < -0.39 is 0 Å². The first-order chi connectivity index (χ1) is 12.7. The summed E-state index contributed by atoms with van der Waals surface area (Å²) in [5, 5.41) is 3.03. The van der Waals surface area contributed by atoms with Crippen molar-refractivity contribution < 1.29 is 14.3 Å². The normalized spacial score (nSPS) is 19.1. The first-order valence-electron chi connectivity index (χ1n) is 9.24. The number of anilines is 1. The van der Waals surface area contributed by atoms with E-state index in [2.05, 4.69) is 36.5 Å². The molecule has 1 fully saturated rings. The van der Waals surface area contributed by atoms with E-state index in [1.807, 2.05) is 23.1 Å². The van der Waals surface area contributed by atoms with Gasteiger partial charge in [0.05, 0.1) is 6.04 Å². The van der Waals surface area contributed by atoms with E-state index in [4.69, 9.17) is 9.47 Å². The Labute approximate surface area is 153 Å². The zero-order chi connectivity index (χ0) is 17.9. The summed E-state index contributed by atoms with van der Waals surface area (Å²) in [5.74, 6) is 1.39.